The summed E-state index contributed by atoms with van der Waals surface area (Å²) in [5, 5.41) is 23.0. The second-order valence-corrected chi connectivity index (χ2v) is 6.81. The molecule has 2 amide bonds. The van der Waals surface area contributed by atoms with Crippen LogP contribution in [0.3, 0.4) is 0 Å². The van der Waals surface area contributed by atoms with Crippen molar-refractivity contribution in [3.63, 3.8) is 0 Å². The van der Waals surface area contributed by atoms with Crippen LogP contribution < -0.4 is 15.4 Å². The van der Waals surface area contributed by atoms with E-state index in [1.807, 2.05) is 0 Å². The summed E-state index contributed by atoms with van der Waals surface area (Å²) in [6.45, 7) is -0.122. The summed E-state index contributed by atoms with van der Waals surface area (Å²) < 4.78 is 10.1. The molecule has 0 aliphatic rings. The van der Waals surface area contributed by atoms with Crippen LogP contribution in [-0.4, -0.2) is 53.3 Å². The number of carbonyl (C=O) groups excluding carboxylic acids is 2. The van der Waals surface area contributed by atoms with E-state index >= 15 is 0 Å². The number of benzene rings is 2. The summed E-state index contributed by atoms with van der Waals surface area (Å²) in [6, 6.07) is 12.5. The monoisotopic (exact) mass is 444 g/mol. The van der Waals surface area contributed by atoms with Gasteiger partial charge in [0.05, 0.1) is 13.5 Å². The first-order valence-corrected chi connectivity index (χ1v) is 9.63. The maximum Gasteiger partial charge on any atom is 0.408 e. The van der Waals surface area contributed by atoms with E-state index in [-0.39, 0.29) is 13.0 Å². The van der Waals surface area contributed by atoms with Crippen molar-refractivity contribution in [1.29, 1.82) is 0 Å². The molecule has 2 rings (SSSR count). The number of aliphatic carboxylic acids is 2. The number of hydrogen-bond acceptors (Lipinski definition) is 6. The number of carboxylic acid groups (broad SMARTS) is 2. The van der Waals surface area contributed by atoms with E-state index in [0.29, 0.717) is 16.9 Å². The van der Waals surface area contributed by atoms with E-state index in [1.54, 1.807) is 54.6 Å². The molecule has 2 aromatic carbocycles. The van der Waals surface area contributed by atoms with Gasteiger partial charge in [0.2, 0.25) is 5.91 Å². The van der Waals surface area contributed by atoms with E-state index in [9.17, 15) is 24.3 Å². The van der Waals surface area contributed by atoms with Gasteiger partial charge < -0.3 is 30.3 Å². The number of nitrogens with one attached hydrogen (secondary N) is 2. The lowest BCUT2D eigenvalue weighted by Gasteiger charge is -2.20. The summed E-state index contributed by atoms with van der Waals surface area (Å²) in [5.74, 6) is -2.97. The van der Waals surface area contributed by atoms with Gasteiger partial charge in [-0.15, -0.1) is 0 Å². The molecule has 0 radical (unpaired) electrons. The number of hydrogen-bond donors (Lipinski definition) is 4. The molecule has 0 saturated carbocycles. The highest BCUT2D eigenvalue weighted by Crippen LogP contribution is 2.12. The molecule has 0 aliphatic heterocycles. The van der Waals surface area contributed by atoms with E-state index in [2.05, 4.69) is 10.6 Å². The highest BCUT2D eigenvalue weighted by atomic mass is 16.5. The molecule has 32 heavy (non-hydrogen) atoms. The van der Waals surface area contributed by atoms with Crippen LogP contribution in [0.1, 0.15) is 17.5 Å². The van der Waals surface area contributed by atoms with Gasteiger partial charge in [-0.3, -0.25) is 9.59 Å². The van der Waals surface area contributed by atoms with Gasteiger partial charge in [-0.2, -0.15) is 0 Å². The predicted octanol–water partition coefficient (Wildman–Crippen LogP) is 1.58. The van der Waals surface area contributed by atoms with Crippen LogP contribution in [0.15, 0.2) is 54.6 Å². The second-order valence-electron chi connectivity index (χ2n) is 6.81. The average molecular weight is 444 g/mol. The molecule has 0 bridgehead atoms. The number of ether oxygens (including phenoxy) is 2. The fraction of sp³-hybridized carbons (Fsp3) is 0.273. The third kappa shape index (κ3) is 7.98. The lowest BCUT2D eigenvalue weighted by atomic mass is 10.1. The molecule has 0 unspecified atom stereocenters. The summed E-state index contributed by atoms with van der Waals surface area (Å²) in [4.78, 5) is 47.3. The quantitative estimate of drug-likeness (QED) is 0.408. The third-order valence-corrected chi connectivity index (χ3v) is 4.41. The first-order valence-electron chi connectivity index (χ1n) is 9.63. The number of methoxy groups -OCH3 is 1. The Morgan fingerprint density at radius 3 is 2.09 bits per heavy atom. The van der Waals surface area contributed by atoms with Crippen LogP contribution in [0.25, 0.3) is 0 Å². The summed E-state index contributed by atoms with van der Waals surface area (Å²) in [5.41, 5.74) is 1.32. The largest absolute Gasteiger partial charge is 0.497 e. The van der Waals surface area contributed by atoms with Crippen LogP contribution in [0.4, 0.5) is 4.79 Å². The van der Waals surface area contributed by atoms with Crippen LogP contribution in [0.5, 0.6) is 5.75 Å². The van der Waals surface area contributed by atoms with Crippen molar-refractivity contribution in [2.75, 3.05) is 7.11 Å². The molecule has 0 spiro atoms. The smallest absolute Gasteiger partial charge is 0.408 e. The molecule has 4 N–H and O–H groups in total. The first-order chi connectivity index (χ1) is 15.3. The van der Waals surface area contributed by atoms with Crippen molar-refractivity contribution in [3.05, 3.63) is 65.7 Å². The molecule has 0 aliphatic carbocycles. The minimum absolute atomic E-state index is 0.0103. The average Bonchev–Trinajstić information content (AvgIpc) is 2.77. The van der Waals surface area contributed by atoms with Crippen LogP contribution in [-0.2, 0) is 32.1 Å². The molecule has 10 nitrogen and oxygen atoms in total. The molecule has 0 fully saturated rings. The lowest BCUT2D eigenvalue weighted by Crippen LogP contribution is -2.53. The Hall–Kier alpha value is -4.08. The van der Waals surface area contributed by atoms with Gasteiger partial charge >= 0.3 is 18.0 Å². The van der Waals surface area contributed by atoms with E-state index < -0.39 is 42.4 Å². The van der Waals surface area contributed by atoms with Crippen molar-refractivity contribution in [2.45, 2.75) is 31.5 Å². The molecule has 0 aromatic heterocycles. The fourth-order valence-corrected chi connectivity index (χ4v) is 2.76. The molecule has 0 heterocycles. The minimum Gasteiger partial charge on any atom is -0.497 e. The predicted molar refractivity (Wildman–Crippen MR) is 112 cm³/mol. The zero-order valence-corrected chi connectivity index (χ0v) is 17.3. The Balaban J connectivity index is 1.98. The van der Waals surface area contributed by atoms with E-state index in [1.165, 1.54) is 7.11 Å². The van der Waals surface area contributed by atoms with Gasteiger partial charge in [0.1, 0.15) is 24.4 Å². The first kappa shape index (κ1) is 24.2. The Morgan fingerprint density at radius 1 is 0.875 bits per heavy atom. The van der Waals surface area contributed by atoms with E-state index in [0.717, 1.165) is 0 Å². The number of amides is 2. The van der Waals surface area contributed by atoms with Crippen molar-refractivity contribution < 1.29 is 38.9 Å². The van der Waals surface area contributed by atoms with Gasteiger partial charge in [-0.25, -0.2) is 9.59 Å². The van der Waals surface area contributed by atoms with Gasteiger partial charge in [-0.05, 0) is 23.3 Å². The van der Waals surface area contributed by atoms with Gasteiger partial charge in [0.15, 0.2) is 0 Å². The number of rotatable bonds is 11. The van der Waals surface area contributed by atoms with Crippen molar-refractivity contribution in [1.82, 2.24) is 10.6 Å². The van der Waals surface area contributed by atoms with Gasteiger partial charge in [-0.1, -0.05) is 42.5 Å². The summed E-state index contributed by atoms with van der Waals surface area (Å²) in [7, 11) is 1.52. The normalized spacial score (nSPS) is 12.2. The zero-order chi connectivity index (χ0) is 23.5. The van der Waals surface area contributed by atoms with Crippen LogP contribution >= 0.6 is 0 Å². The number of alkyl carbamates (subject to hydrolysis) is 1. The van der Waals surface area contributed by atoms with Crippen molar-refractivity contribution in [2.24, 2.45) is 0 Å². The molecule has 0 saturated heterocycles. The lowest BCUT2D eigenvalue weighted by molar-refractivity contribution is -0.142. The Labute approximate surface area is 184 Å². The highest BCUT2D eigenvalue weighted by molar-refractivity contribution is 5.91. The Bertz CT molecular complexity index is 931. The molecule has 2 atom stereocenters. The summed E-state index contributed by atoms with van der Waals surface area (Å²) >= 11 is 0. The molecule has 10 heteroatoms. The molecular weight excluding hydrogens is 420 g/mol. The topological polar surface area (TPSA) is 151 Å². The van der Waals surface area contributed by atoms with Gasteiger partial charge in [0, 0.05) is 6.42 Å². The Kier molecular flexibility index (Phi) is 9.03. The Morgan fingerprint density at radius 2 is 1.53 bits per heavy atom. The SMILES string of the molecule is COc1ccc(COC(=O)N[C@@H](CC(=O)O)C(=O)N[C@@H](Cc2ccccc2)C(=O)O)cc1. The molecular formula is C22H24N2O8. The fourth-order valence-electron chi connectivity index (χ4n) is 2.76. The van der Waals surface area contributed by atoms with E-state index in [4.69, 9.17) is 14.6 Å². The standard InChI is InChI=1S/C22H24N2O8/c1-31-16-9-7-15(8-10-16)13-32-22(30)24-17(12-19(25)26)20(27)23-18(21(28)29)11-14-5-3-2-4-6-14/h2-10,17-18H,11-13H2,1H3,(H,23,27)(H,24,30)(H,25,26)(H,28,29)/t17-,18-/m0/s1. The van der Waals surface area contributed by atoms with Crippen molar-refractivity contribution >= 4 is 23.9 Å². The van der Waals surface area contributed by atoms with Crippen LogP contribution in [0.2, 0.25) is 0 Å². The maximum atomic E-state index is 12.5. The third-order valence-electron chi connectivity index (χ3n) is 4.41. The zero-order valence-electron chi connectivity index (χ0n) is 17.3. The maximum absolute atomic E-state index is 12.5. The second kappa shape index (κ2) is 11.9. The van der Waals surface area contributed by atoms with Gasteiger partial charge in [0.25, 0.3) is 0 Å². The number of carboxylic acids is 2. The highest BCUT2D eigenvalue weighted by Gasteiger charge is 2.29. The van der Waals surface area contributed by atoms with Crippen molar-refractivity contribution in [3.8, 4) is 5.75 Å². The minimum atomic E-state index is -1.52. The molecule has 2 aromatic rings. The number of carbonyl (C=O) groups is 4. The van der Waals surface area contributed by atoms with Crippen LogP contribution in [0, 0.1) is 0 Å². The molecule has 170 valence electrons. The summed E-state index contributed by atoms with van der Waals surface area (Å²) in [6.07, 6.45) is -1.78.